The zero-order valence-corrected chi connectivity index (χ0v) is 16.6. The van der Waals surface area contributed by atoms with Crippen LogP contribution >= 0.6 is 0 Å². The lowest BCUT2D eigenvalue weighted by Crippen LogP contribution is -2.57. The number of rotatable bonds is 6. The molecule has 8 heteroatoms. The number of carbonyl (C=O) groups excluding carboxylic acids is 3. The third-order valence-electron chi connectivity index (χ3n) is 4.94. The number of allylic oxidation sites excluding steroid dienone is 1. The number of hydrogen-bond donors (Lipinski definition) is 2. The molecule has 1 unspecified atom stereocenters. The highest BCUT2D eigenvalue weighted by Crippen LogP contribution is 2.14. The van der Waals surface area contributed by atoms with Crippen molar-refractivity contribution in [3.8, 4) is 0 Å². The number of nitrogens with one attached hydrogen (secondary N) is 2. The minimum absolute atomic E-state index is 0.0288. The van der Waals surface area contributed by atoms with Gasteiger partial charge in [0.05, 0.1) is 19.1 Å². The summed E-state index contributed by atoms with van der Waals surface area (Å²) in [4.78, 5) is 40.2. The van der Waals surface area contributed by atoms with Crippen molar-refractivity contribution in [2.75, 3.05) is 39.3 Å². The van der Waals surface area contributed by atoms with E-state index in [1.807, 2.05) is 13.8 Å². The van der Waals surface area contributed by atoms with Crippen LogP contribution in [-0.4, -0.2) is 79.1 Å². The van der Waals surface area contributed by atoms with Gasteiger partial charge in [0, 0.05) is 38.8 Å². The van der Waals surface area contributed by atoms with E-state index >= 15 is 0 Å². The van der Waals surface area contributed by atoms with E-state index in [4.69, 9.17) is 4.74 Å². The van der Waals surface area contributed by atoms with Crippen LogP contribution in [0.25, 0.3) is 0 Å². The molecule has 2 aliphatic heterocycles. The molecular formula is C19H32N4O4. The second kappa shape index (κ2) is 10.3. The number of amides is 3. The fourth-order valence-corrected chi connectivity index (χ4v) is 3.39. The summed E-state index contributed by atoms with van der Waals surface area (Å²) in [6, 6.07) is -0.407. The van der Waals surface area contributed by atoms with Gasteiger partial charge in [-0.25, -0.2) is 4.79 Å². The van der Waals surface area contributed by atoms with Gasteiger partial charge < -0.3 is 20.3 Å². The quantitative estimate of drug-likeness (QED) is 0.668. The van der Waals surface area contributed by atoms with Gasteiger partial charge in [0.2, 0.25) is 11.8 Å². The Morgan fingerprint density at radius 1 is 1.26 bits per heavy atom. The molecule has 2 fully saturated rings. The zero-order valence-electron chi connectivity index (χ0n) is 16.6. The Labute approximate surface area is 161 Å². The van der Waals surface area contributed by atoms with Crippen LogP contribution in [0.15, 0.2) is 11.6 Å². The van der Waals surface area contributed by atoms with Crippen LogP contribution in [-0.2, 0) is 14.3 Å². The molecule has 8 nitrogen and oxygen atoms in total. The first-order valence-corrected chi connectivity index (χ1v) is 9.77. The number of likely N-dealkylation sites (tertiary alicyclic amines) is 1. The number of piperidine rings is 1. The van der Waals surface area contributed by atoms with E-state index in [9.17, 15) is 14.4 Å². The van der Waals surface area contributed by atoms with Crippen molar-refractivity contribution in [1.29, 1.82) is 0 Å². The van der Waals surface area contributed by atoms with Gasteiger partial charge in [-0.15, -0.1) is 0 Å². The van der Waals surface area contributed by atoms with Crippen molar-refractivity contribution >= 4 is 17.9 Å². The largest absolute Gasteiger partial charge is 0.450 e. The van der Waals surface area contributed by atoms with E-state index in [-0.39, 0.29) is 30.4 Å². The molecule has 0 saturated carbocycles. The summed E-state index contributed by atoms with van der Waals surface area (Å²) < 4.78 is 5.01. The van der Waals surface area contributed by atoms with Crippen LogP contribution in [0.2, 0.25) is 0 Å². The fourth-order valence-electron chi connectivity index (χ4n) is 3.39. The SMILES string of the molecule is CCOC(=O)N1CCC(NC(=O)CC2C(=O)NCCN2CC=C(C)C)CC1. The fraction of sp³-hybridized carbons (Fsp3) is 0.737. The van der Waals surface area contributed by atoms with E-state index in [2.05, 4.69) is 21.6 Å². The molecule has 2 aliphatic rings. The third-order valence-corrected chi connectivity index (χ3v) is 4.94. The Balaban J connectivity index is 1.82. The van der Waals surface area contributed by atoms with Gasteiger partial charge >= 0.3 is 6.09 Å². The number of hydrogen-bond acceptors (Lipinski definition) is 5. The van der Waals surface area contributed by atoms with Crippen molar-refractivity contribution in [3.05, 3.63) is 11.6 Å². The Morgan fingerprint density at radius 3 is 2.59 bits per heavy atom. The lowest BCUT2D eigenvalue weighted by Gasteiger charge is -2.35. The molecule has 2 N–H and O–H groups in total. The van der Waals surface area contributed by atoms with Crippen molar-refractivity contribution in [2.24, 2.45) is 0 Å². The van der Waals surface area contributed by atoms with Crippen molar-refractivity contribution in [3.63, 3.8) is 0 Å². The van der Waals surface area contributed by atoms with Crippen LogP contribution < -0.4 is 10.6 Å². The van der Waals surface area contributed by atoms with Gasteiger partial charge in [-0.2, -0.15) is 0 Å². The topological polar surface area (TPSA) is 91.0 Å². The molecule has 27 heavy (non-hydrogen) atoms. The van der Waals surface area contributed by atoms with E-state index in [0.29, 0.717) is 45.6 Å². The van der Waals surface area contributed by atoms with E-state index in [1.165, 1.54) is 5.57 Å². The molecule has 2 rings (SSSR count). The molecule has 152 valence electrons. The average molecular weight is 380 g/mol. The summed E-state index contributed by atoms with van der Waals surface area (Å²) >= 11 is 0. The lowest BCUT2D eigenvalue weighted by molar-refractivity contribution is -0.134. The smallest absolute Gasteiger partial charge is 0.409 e. The minimum atomic E-state index is -0.436. The molecule has 0 bridgehead atoms. The molecule has 1 atom stereocenters. The second-order valence-corrected chi connectivity index (χ2v) is 7.32. The summed E-state index contributed by atoms with van der Waals surface area (Å²) in [6.45, 7) is 9.36. The van der Waals surface area contributed by atoms with E-state index < -0.39 is 6.04 Å². The molecule has 0 radical (unpaired) electrons. The molecule has 2 saturated heterocycles. The van der Waals surface area contributed by atoms with Gasteiger partial charge in [0.1, 0.15) is 0 Å². The average Bonchev–Trinajstić information content (AvgIpc) is 2.63. The predicted molar refractivity (Wildman–Crippen MR) is 102 cm³/mol. The first kappa shape index (κ1) is 21.2. The zero-order chi connectivity index (χ0) is 19.8. The molecule has 0 aromatic carbocycles. The Bertz CT molecular complexity index is 566. The van der Waals surface area contributed by atoms with Gasteiger partial charge in [-0.3, -0.25) is 14.5 Å². The predicted octanol–water partition coefficient (Wildman–Crippen LogP) is 0.880. The Hall–Kier alpha value is -2.09. The molecule has 2 heterocycles. The van der Waals surface area contributed by atoms with Crippen LogP contribution in [0.5, 0.6) is 0 Å². The molecule has 0 aromatic rings. The first-order valence-electron chi connectivity index (χ1n) is 9.77. The van der Waals surface area contributed by atoms with E-state index in [1.54, 1.807) is 11.8 Å². The summed E-state index contributed by atoms with van der Waals surface area (Å²) in [7, 11) is 0. The highest BCUT2D eigenvalue weighted by Gasteiger charge is 2.32. The van der Waals surface area contributed by atoms with Crippen LogP contribution in [0, 0.1) is 0 Å². The molecule has 0 aliphatic carbocycles. The maximum absolute atomic E-state index is 12.5. The maximum Gasteiger partial charge on any atom is 0.409 e. The van der Waals surface area contributed by atoms with E-state index in [0.717, 1.165) is 6.54 Å². The number of carbonyl (C=O) groups is 3. The summed E-state index contributed by atoms with van der Waals surface area (Å²) in [5, 5.41) is 5.87. The molecule has 0 aromatic heterocycles. The summed E-state index contributed by atoms with van der Waals surface area (Å²) in [6.07, 6.45) is 3.33. The number of piperazine rings is 1. The molecule has 3 amide bonds. The normalized spacial score (nSPS) is 21.4. The minimum Gasteiger partial charge on any atom is -0.450 e. The van der Waals surface area contributed by atoms with Gasteiger partial charge in [-0.05, 0) is 33.6 Å². The Kier molecular flexibility index (Phi) is 8.09. The van der Waals surface area contributed by atoms with Crippen molar-refractivity contribution in [2.45, 2.75) is 52.1 Å². The lowest BCUT2D eigenvalue weighted by atomic mass is 10.0. The van der Waals surface area contributed by atoms with Crippen LogP contribution in [0.1, 0.15) is 40.0 Å². The highest BCUT2D eigenvalue weighted by molar-refractivity contribution is 5.89. The summed E-state index contributed by atoms with van der Waals surface area (Å²) in [5.74, 6) is -0.204. The monoisotopic (exact) mass is 380 g/mol. The van der Waals surface area contributed by atoms with Crippen LogP contribution in [0.4, 0.5) is 4.79 Å². The standard InChI is InChI=1S/C19H32N4O4/c1-4-27-19(26)23-10-6-15(7-11-23)21-17(24)13-16-18(25)20-8-12-22(16)9-5-14(2)3/h5,15-16H,4,6-13H2,1-3H3,(H,20,25)(H,21,24). The first-order chi connectivity index (χ1) is 12.9. The van der Waals surface area contributed by atoms with Gasteiger partial charge in [0.15, 0.2) is 0 Å². The molecular weight excluding hydrogens is 348 g/mol. The third kappa shape index (κ3) is 6.53. The van der Waals surface area contributed by atoms with Crippen molar-refractivity contribution < 1.29 is 19.1 Å². The number of nitrogens with zero attached hydrogens (tertiary/aromatic N) is 2. The maximum atomic E-state index is 12.5. The highest BCUT2D eigenvalue weighted by atomic mass is 16.6. The second-order valence-electron chi connectivity index (χ2n) is 7.32. The summed E-state index contributed by atoms with van der Waals surface area (Å²) in [5.41, 5.74) is 1.19. The van der Waals surface area contributed by atoms with Crippen LogP contribution in [0.3, 0.4) is 0 Å². The molecule has 0 spiro atoms. The van der Waals surface area contributed by atoms with Crippen molar-refractivity contribution in [1.82, 2.24) is 20.4 Å². The number of ether oxygens (including phenoxy) is 1. The van der Waals surface area contributed by atoms with Gasteiger partial charge in [-0.1, -0.05) is 11.6 Å². The van der Waals surface area contributed by atoms with Gasteiger partial charge in [0.25, 0.3) is 0 Å². The Morgan fingerprint density at radius 2 is 1.96 bits per heavy atom.